The van der Waals surface area contributed by atoms with Gasteiger partial charge in [-0.25, -0.2) is 0 Å². The molecule has 0 radical (unpaired) electrons. The van der Waals surface area contributed by atoms with Crippen molar-refractivity contribution in [2.45, 2.75) is 78.1 Å². The topological polar surface area (TPSA) is 0 Å². The summed E-state index contributed by atoms with van der Waals surface area (Å²) in [6.45, 7) is 4.54. The van der Waals surface area contributed by atoms with Gasteiger partial charge in [-0.05, 0) is 59.7 Å². The molecular formula is C24H34S2. The molecular weight excluding hydrogens is 352 g/mol. The van der Waals surface area contributed by atoms with Crippen molar-refractivity contribution in [3.63, 3.8) is 0 Å². The van der Waals surface area contributed by atoms with E-state index in [4.69, 9.17) is 0 Å². The van der Waals surface area contributed by atoms with Crippen LogP contribution in [0.15, 0.2) is 35.0 Å². The van der Waals surface area contributed by atoms with Gasteiger partial charge in [0.05, 0.1) is 9.75 Å². The number of unbranched alkanes of at least 4 members (excludes halogenated alkanes) is 8. The Labute approximate surface area is 168 Å². The Kier molecular flexibility index (Phi) is 10.7. The fourth-order valence-electron chi connectivity index (χ4n) is 3.07. The average Bonchev–Trinajstić information content (AvgIpc) is 3.29. The summed E-state index contributed by atoms with van der Waals surface area (Å²) in [4.78, 5) is 2.85. The van der Waals surface area contributed by atoms with Gasteiger partial charge in [-0.1, -0.05) is 76.7 Å². The van der Waals surface area contributed by atoms with Crippen molar-refractivity contribution in [1.82, 2.24) is 0 Å². The lowest BCUT2D eigenvalue weighted by molar-refractivity contribution is 0.675. The second-order valence-electron chi connectivity index (χ2n) is 6.91. The van der Waals surface area contributed by atoms with Gasteiger partial charge in [-0.2, -0.15) is 0 Å². The molecule has 0 nitrogen and oxygen atoms in total. The van der Waals surface area contributed by atoms with Crippen molar-refractivity contribution in [2.75, 3.05) is 0 Å². The largest absolute Gasteiger partial charge is 0.142 e. The molecule has 0 spiro atoms. The lowest BCUT2D eigenvalue weighted by Crippen LogP contribution is -1.77. The number of allylic oxidation sites excluding steroid dienone is 2. The Hall–Kier alpha value is -1.12. The Bertz CT molecular complexity index is 599. The highest BCUT2D eigenvalue weighted by Crippen LogP contribution is 2.37. The Morgan fingerprint density at radius 1 is 0.654 bits per heavy atom. The first-order valence-corrected chi connectivity index (χ1v) is 12.1. The summed E-state index contributed by atoms with van der Waals surface area (Å²) >= 11 is 3.74. The molecule has 0 saturated carbocycles. The summed E-state index contributed by atoms with van der Waals surface area (Å²) < 4.78 is 0. The van der Waals surface area contributed by atoms with Crippen LogP contribution in [0, 0.1) is 0 Å². The second kappa shape index (κ2) is 13.1. The second-order valence-corrected chi connectivity index (χ2v) is 8.75. The molecule has 0 atom stereocenters. The monoisotopic (exact) mass is 386 g/mol. The van der Waals surface area contributed by atoms with Crippen LogP contribution < -0.4 is 0 Å². The van der Waals surface area contributed by atoms with Gasteiger partial charge in [0.25, 0.3) is 0 Å². The van der Waals surface area contributed by atoms with Crippen molar-refractivity contribution in [1.29, 1.82) is 0 Å². The molecule has 142 valence electrons. The maximum absolute atomic E-state index is 2.36. The fraction of sp³-hybridized carbons (Fsp3) is 0.500. The van der Waals surface area contributed by atoms with E-state index < -0.39 is 0 Å². The zero-order chi connectivity index (χ0) is 18.5. The van der Waals surface area contributed by atoms with Crippen LogP contribution in [-0.4, -0.2) is 0 Å². The predicted octanol–water partition coefficient (Wildman–Crippen LogP) is 9.44. The van der Waals surface area contributed by atoms with Gasteiger partial charge in [-0.15, -0.1) is 22.7 Å². The minimum Gasteiger partial charge on any atom is -0.142 e. The van der Waals surface area contributed by atoms with E-state index in [9.17, 15) is 0 Å². The maximum Gasteiger partial charge on any atom is 0.0520 e. The number of thiophene rings is 2. The van der Waals surface area contributed by atoms with E-state index in [0.717, 1.165) is 0 Å². The van der Waals surface area contributed by atoms with Crippen molar-refractivity contribution in [3.05, 3.63) is 46.2 Å². The molecule has 0 saturated heterocycles. The minimum atomic E-state index is 1.20. The van der Waals surface area contributed by atoms with Gasteiger partial charge in [0, 0.05) is 0 Å². The fourth-order valence-corrected chi connectivity index (χ4v) is 5.05. The van der Waals surface area contributed by atoms with Gasteiger partial charge in [0.1, 0.15) is 0 Å². The van der Waals surface area contributed by atoms with E-state index in [1.54, 1.807) is 0 Å². The number of hydrogen-bond donors (Lipinski definition) is 0. The van der Waals surface area contributed by atoms with E-state index in [0.29, 0.717) is 0 Å². The third kappa shape index (κ3) is 7.25. The van der Waals surface area contributed by atoms with Gasteiger partial charge >= 0.3 is 0 Å². The summed E-state index contributed by atoms with van der Waals surface area (Å²) in [5.41, 5.74) is 2.76. The summed E-state index contributed by atoms with van der Waals surface area (Å²) in [6, 6.07) is 4.53. The van der Waals surface area contributed by atoms with E-state index in [1.165, 1.54) is 85.1 Å². The molecule has 0 bridgehead atoms. The van der Waals surface area contributed by atoms with Crippen LogP contribution in [0.25, 0.3) is 21.9 Å². The van der Waals surface area contributed by atoms with Crippen molar-refractivity contribution < 1.29 is 0 Å². The van der Waals surface area contributed by atoms with Crippen LogP contribution in [0.2, 0.25) is 0 Å². The quantitative estimate of drug-likeness (QED) is 0.301. The highest BCUT2D eigenvalue weighted by atomic mass is 32.1. The molecule has 2 heterocycles. The first-order chi connectivity index (χ1) is 12.9. The van der Waals surface area contributed by atoms with E-state index in [-0.39, 0.29) is 0 Å². The van der Waals surface area contributed by atoms with Crippen LogP contribution in [0.4, 0.5) is 0 Å². The Morgan fingerprint density at radius 2 is 1.12 bits per heavy atom. The van der Waals surface area contributed by atoms with Crippen molar-refractivity contribution in [2.24, 2.45) is 0 Å². The van der Waals surface area contributed by atoms with E-state index in [1.807, 2.05) is 22.7 Å². The smallest absolute Gasteiger partial charge is 0.0520 e. The van der Waals surface area contributed by atoms with Gasteiger partial charge in [0.2, 0.25) is 0 Å². The molecule has 0 amide bonds. The highest BCUT2D eigenvalue weighted by molar-refractivity contribution is 7.20. The van der Waals surface area contributed by atoms with Crippen LogP contribution in [0.1, 0.15) is 89.2 Å². The van der Waals surface area contributed by atoms with Gasteiger partial charge in [0.15, 0.2) is 0 Å². The van der Waals surface area contributed by atoms with Crippen LogP contribution in [0.5, 0.6) is 0 Å². The lowest BCUT2D eigenvalue weighted by Gasteiger charge is -2.00. The molecule has 2 aromatic rings. The molecule has 26 heavy (non-hydrogen) atoms. The summed E-state index contributed by atoms with van der Waals surface area (Å²) in [5, 5.41) is 4.45. The average molecular weight is 387 g/mol. The van der Waals surface area contributed by atoms with Crippen molar-refractivity contribution >= 4 is 34.8 Å². The molecule has 0 aromatic carbocycles. The summed E-state index contributed by atoms with van der Waals surface area (Å²) in [5.74, 6) is 0. The first-order valence-electron chi connectivity index (χ1n) is 10.3. The van der Waals surface area contributed by atoms with Gasteiger partial charge in [-0.3, -0.25) is 0 Å². The molecule has 0 N–H and O–H groups in total. The maximum atomic E-state index is 2.36. The standard InChI is InChI=1S/C24H34S2/c1-3-5-7-9-11-13-15-21-17-19-25-23(21)24-22(18-20-26-24)16-14-12-10-8-6-4-2/h13-20H,3-12H2,1-2H3. The third-order valence-electron chi connectivity index (χ3n) is 4.64. The van der Waals surface area contributed by atoms with Gasteiger partial charge < -0.3 is 0 Å². The normalized spacial score (nSPS) is 11.9. The van der Waals surface area contributed by atoms with E-state index in [2.05, 4.69) is 61.0 Å². The number of hydrogen-bond acceptors (Lipinski definition) is 2. The highest BCUT2D eigenvalue weighted by Gasteiger charge is 2.09. The van der Waals surface area contributed by atoms with Crippen LogP contribution in [-0.2, 0) is 0 Å². The summed E-state index contributed by atoms with van der Waals surface area (Å²) in [6.07, 6.45) is 22.5. The molecule has 0 fully saturated rings. The molecule has 2 heteroatoms. The molecule has 0 unspecified atom stereocenters. The molecule has 0 aliphatic rings. The van der Waals surface area contributed by atoms with Crippen LogP contribution >= 0.6 is 22.7 Å². The van der Waals surface area contributed by atoms with Crippen molar-refractivity contribution in [3.8, 4) is 9.75 Å². The SMILES string of the molecule is CCCCCCC=Cc1ccsc1-c1sccc1C=CCCCCCC. The minimum absolute atomic E-state index is 1.20. The van der Waals surface area contributed by atoms with Crippen LogP contribution in [0.3, 0.4) is 0 Å². The summed E-state index contributed by atoms with van der Waals surface area (Å²) in [7, 11) is 0. The number of rotatable bonds is 13. The first kappa shape index (κ1) is 21.2. The Morgan fingerprint density at radius 3 is 1.54 bits per heavy atom. The zero-order valence-electron chi connectivity index (χ0n) is 16.5. The van der Waals surface area contributed by atoms with E-state index >= 15 is 0 Å². The molecule has 0 aliphatic carbocycles. The molecule has 2 aromatic heterocycles. The molecule has 0 aliphatic heterocycles. The third-order valence-corrected chi connectivity index (χ3v) is 6.67. The zero-order valence-corrected chi connectivity index (χ0v) is 18.1. The lowest BCUT2D eigenvalue weighted by atomic mass is 10.1. The Balaban J connectivity index is 1.93. The molecule has 2 rings (SSSR count). The predicted molar refractivity (Wildman–Crippen MR) is 123 cm³/mol.